The van der Waals surface area contributed by atoms with Crippen molar-refractivity contribution in [2.24, 2.45) is 5.92 Å². The van der Waals surface area contributed by atoms with Crippen LogP contribution < -0.4 is 5.32 Å². The molecule has 3 nitrogen and oxygen atoms in total. The van der Waals surface area contributed by atoms with Gasteiger partial charge in [0.25, 0.3) is 0 Å². The highest BCUT2D eigenvalue weighted by Gasteiger charge is 2.18. The van der Waals surface area contributed by atoms with E-state index in [4.69, 9.17) is 11.6 Å². The van der Waals surface area contributed by atoms with E-state index in [1.807, 2.05) is 25.1 Å². The average Bonchev–Trinajstić information content (AvgIpc) is 2.35. The van der Waals surface area contributed by atoms with Crippen LogP contribution in [0.5, 0.6) is 0 Å². The Labute approximate surface area is 119 Å². The number of likely N-dealkylation sites (tertiary alicyclic amines) is 1. The van der Waals surface area contributed by atoms with Crippen LogP contribution in [0.15, 0.2) is 18.2 Å². The van der Waals surface area contributed by atoms with Gasteiger partial charge in [0.15, 0.2) is 0 Å². The van der Waals surface area contributed by atoms with Gasteiger partial charge in [-0.15, -0.1) is 0 Å². The monoisotopic (exact) mass is 280 g/mol. The fraction of sp³-hybridized carbons (Fsp3) is 0.533. The van der Waals surface area contributed by atoms with E-state index in [0.717, 1.165) is 24.3 Å². The van der Waals surface area contributed by atoms with E-state index in [0.29, 0.717) is 17.5 Å². The molecule has 1 aliphatic heterocycles. The zero-order chi connectivity index (χ0) is 13.8. The molecule has 1 aromatic rings. The minimum Gasteiger partial charge on any atom is -0.325 e. The molecule has 1 atom stereocenters. The summed E-state index contributed by atoms with van der Waals surface area (Å²) in [4.78, 5) is 14.3. The van der Waals surface area contributed by atoms with E-state index >= 15 is 0 Å². The van der Waals surface area contributed by atoms with Gasteiger partial charge in [-0.25, -0.2) is 0 Å². The van der Waals surface area contributed by atoms with Gasteiger partial charge in [-0.05, 0) is 49.9 Å². The van der Waals surface area contributed by atoms with Crippen LogP contribution in [0.25, 0.3) is 0 Å². The highest BCUT2D eigenvalue weighted by molar-refractivity contribution is 6.31. The van der Waals surface area contributed by atoms with Crippen molar-refractivity contribution in [3.8, 4) is 0 Å². The van der Waals surface area contributed by atoms with Gasteiger partial charge >= 0.3 is 0 Å². The Bertz CT molecular complexity index is 461. The van der Waals surface area contributed by atoms with Crippen molar-refractivity contribution in [3.05, 3.63) is 28.8 Å². The van der Waals surface area contributed by atoms with Crippen LogP contribution >= 0.6 is 11.6 Å². The second-order valence-corrected chi connectivity index (χ2v) is 5.85. The lowest BCUT2D eigenvalue weighted by Gasteiger charge is -2.30. The van der Waals surface area contributed by atoms with Crippen LogP contribution in [0, 0.1) is 12.8 Å². The summed E-state index contributed by atoms with van der Waals surface area (Å²) >= 11 is 6.05. The molecular weight excluding hydrogens is 260 g/mol. The molecule has 1 saturated heterocycles. The van der Waals surface area contributed by atoms with Crippen molar-refractivity contribution >= 4 is 23.2 Å². The summed E-state index contributed by atoms with van der Waals surface area (Å²) in [5, 5.41) is 3.63. The molecule has 0 aromatic heterocycles. The number of carbonyl (C=O) groups is 1. The maximum Gasteiger partial charge on any atom is 0.238 e. The minimum absolute atomic E-state index is 0.0412. The molecule has 1 aliphatic rings. The molecule has 4 heteroatoms. The predicted molar refractivity (Wildman–Crippen MR) is 79.7 cm³/mol. The lowest BCUT2D eigenvalue weighted by Crippen LogP contribution is -2.39. The lowest BCUT2D eigenvalue weighted by atomic mass is 10.0. The van der Waals surface area contributed by atoms with Crippen LogP contribution in [0.1, 0.15) is 25.3 Å². The molecule has 1 fully saturated rings. The van der Waals surface area contributed by atoms with Crippen molar-refractivity contribution in [2.75, 3.05) is 25.0 Å². The molecule has 1 heterocycles. The van der Waals surface area contributed by atoms with E-state index in [9.17, 15) is 4.79 Å². The van der Waals surface area contributed by atoms with E-state index in [1.54, 1.807) is 0 Å². The minimum atomic E-state index is 0.0412. The summed E-state index contributed by atoms with van der Waals surface area (Å²) in [5.41, 5.74) is 1.73. The zero-order valence-corrected chi connectivity index (χ0v) is 12.3. The summed E-state index contributed by atoms with van der Waals surface area (Å²) in [6.07, 6.45) is 2.45. The number of hydrogen-bond acceptors (Lipinski definition) is 2. The van der Waals surface area contributed by atoms with Crippen molar-refractivity contribution in [2.45, 2.75) is 26.7 Å². The average molecular weight is 281 g/mol. The topological polar surface area (TPSA) is 32.3 Å². The third-order valence-corrected chi connectivity index (χ3v) is 4.06. The van der Waals surface area contributed by atoms with Gasteiger partial charge < -0.3 is 5.32 Å². The Hall–Kier alpha value is -1.06. The molecule has 1 unspecified atom stereocenters. The van der Waals surface area contributed by atoms with E-state index in [-0.39, 0.29) is 5.91 Å². The molecule has 1 N–H and O–H groups in total. The summed E-state index contributed by atoms with van der Waals surface area (Å²) in [6.45, 7) is 6.66. The number of amides is 1. The first-order valence-corrected chi connectivity index (χ1v) is 7.21. The first-order valence-electron chi connectivity index (χ1n) is 6.83. The normalized spacial score (nSPS) is 20.3. The number of halogens is 1. The third kappa shape index (κ3) is 3.95. The number of anilines is 1. The number of carbonyl (C=O) groups excluding carboxylic acids is 1. The van der Waals surface area contributed by atoms with Gasteiger partial charge in [0.05, 0.1) is 6.54 Å². The second-order valence-electron chi connectivity index (χ2n) is 5.44. The van der Waals surface area contributed by atoms with Gasteiger partial charge in [0, 0.05) is 17.3 Å². The second kappa shape index (κ2) is 6.40. The Morgan fingerprint density at radius 3 is 3.05 bits per heavy atom. The Kier molecular flexibility index (Phi) is 4.83. The third-order valence-electron chi connectivity index (χ3n) is 3.65. The van der Waals surface area contributed by atoms with Crippen LogP contribution in [-0.2, 0) is 4.79 Å². The van der Waals surface area contributed by atoms with E-state index in [2.05, 4.69) is 17.1 Å². The van der Waals surface area contributed by atoms with Gasteiger partial charge in [-0.3, -0.25) is 9.69 Å². The molecule has 0 bridgehead atoms. The molecule has 0 spiro atoms. The molecular formula is C15H21ClN2O. The Balaban J connectivity index is 1.92. The SMILES string of the molecule is Cc1c(Cl)cccc1NC(=O)CN1CCCC(C)C1. The molecule has 19 heavy (non-hydrogen) atoms. The smallest absolute Gasteiger partial charge is 0.238 e. The maximum atomic E-state index is 12.1. The van der Waals surface area contributed by atoms with Gasteiger partial charge in [-0.1, -0.05) is 24.6 Å². The molecule has 1 amide bonds. The van der Waals surface area contributed by atoms with Gasteiger partial charge in [0.1, 0.15) is 0 Å². The zero-order valence-electron chi connectivity index (χ0n) is 11.6. The van der Waals surface area contributed by atoms with Crippen LogP contribution in [-0.4, -0.2) is 30.4 Å². The Morgan fingerprint density at radius 2 is 2.32 bits per heavy atom. The Morgan fingerprint density at radius 1 is 1.53 bits per heavy atom. The summed E-state index contributed by atoms with van der Waals surface area (Å²) in [5.74, 6) is 0.730. The van der Waals surface area contributed by atoms with Crippen molar-refractivity contribution in [1.82, 2.24) is 4.90 Å². The fourth-order valence-corrected chi connectivity index (χ4v) is 2.74. The number of rotatable bonds is 3. The molecule has 0 saturated carbocycles. The van der Waals surface area contributed by atoms with Crippen LogP contribution in [0.3, 0.4) is 0 Å². The summed E-state index contributed by atoms with van der Waals surface area (Å²) in [7, 11) is 0. The standard InChI is InChI=1S/C15H21ClN2O/c1-11-5-4-8-18(9-11)10-15(19)17-14-7-3-6-13(16)12(14)2/h3,6-7,11H,4-5,8-10H2,1-2H3,(H,17,19). The molecule has 1 aromatic carbocycles. The largest absolute Gasteiger partial charge is 0.325 e. The lowest BCUT2D eigenvalue weighted by molar-refractivity contribution is -0.117. The van der Waals surface area contributed by atoms with Crippen LogP contribution in [0.4, 0.5) is 5.69 Å². The highest BCUT2D eigenvalue weighted by Crippen LogP contribution is 2.23. The molecule has 104 valence electrons. The van der Waals surface area contributed by atoms with E-state index < -0.39 is 0 Å². The van der Waals surface area contributed by atoms with Crippen molar-refractivity contribution in [1.29, 1.82) is 0 Å². The summed E-state index contributed by atoms with van der Waals surface area (Å²) < 4.78 is 0. The number of benzene rings is 1. The number of nitrogens with one attached hydrogen (secondary N) is 1. The first kappa shape index (κ1) is 14.4. The van der Waals surface area contributed by atoms with Crippen molar-refractivity contribution < 1.29 is 4.79 Å². The number of hydrogen-bond donors (Lipinski definition) is 1. The summed E-state index contributed by atoms with van der Waals surface area (Å²) in [6, 6.07) is 5.57. The van der Waals surface area contributed by atoms with Gasteiger partial charge in [-0.2, -0.15) is 0 Å². The molecule has 0 aliphatic carbocycles. The predicted octanol–water partition coefficient (Wildman–Crippen LogP) is 3.32. The molecule has 2 rings (SSSR count). The number of nitrogens with zero attached hydrogens (tertiary/aromatic N) is 1. The number of piperidine rings is 1. The van der Waals surface area contributed by atoms with Crippen molar-refractivity contribution in [3.63, 3.8) is 0 Å². The fourth-order valence-electron chi connectivity index (χ4n) is 2.57. The van der Waals surface area contributed by atoms with Gasteiger partial charge in [0.2, 0.25) is 5.91 Å². The highest BCUT2D eigenvalue weighted by atomic mass is 35.5. The quantitative estimate of drug-likeness (QED) is 0.921. The first-order chi connectivity index (χ1) is 9.06. The maximum absolute atomic E-state index is 12.1. The van der Waals surface area contributed by atoms with E-state index in [1.165, 1.54) is 12.8 Å². The molecule has 0 radical (unpaired) electrons. The van der Waals surface area contributed by atoms with Crippen LogP contribution in [0.2, 0.25) is 5.02 Å².